The Morgan fingerprint density at radius 2 is 2.19 bits per heavy atom. The van der Waals surface area contributed by atoms with E-state index in [2.05, 4.69) is 4.98 Å². The fourth-order valence-corrected chi connectivity index (χ4v) is 1.09. The van der Waals surface area contributed by atoms with Gasteiger partial charge in [-0.3, -0.25) is 0 Å². The highest BCUT2D eigenvalue weighted by Gasteiger charge is 2.12. The summed E-state index contributed by atoms with van der Waals surface area (Å²) in [7, 11) is 0. The van der Waals surface area contributed by atoms with E-state index in [4.69, 9.17) is 14.9 Å². The number of benzene rings is 1. The van der Waals surface area contributed by atoms with Crippen LogP contribution in [0.4, 0.5) is 8.78 Å². The van der Waals surface area contributed by atoms with Crippen LogP contribution >= 0.6 is 0 Å². The molecule has 0 amide bonds. The molecule has 0 bridgehead atoms. The van der Waals surface area contributed by atoms with Crippen LogP contribution in [0.3, 0.4) is 0 Å². The molecule has 0 aliphatic rings. The van der Waals surface area contributed by atoms with Crippen molar-refractivity contribution in [2.45, 2.75) is 6.54 Å². The van der Waals surface area contributed by atoms with Gasteiger partial charge in [0.05, 0.1) is 5.69 Å². The molecule has 0 radical (unpaired) electrons. The summed E-state index contributed by atoms with van der Waals surface area (Å²) in [5.74, 6) is -2.37. The standard InChI is InChI=1S/C10H8F2N2O2/c11-7-2-1-3-8(9(7)12)16-10-14-6(4-13)5-15-10/h1-3,5H,4,13H2. The minimum atomic E-state index is -1.09. The average Bonchev–Trinajstić information content (AvgIpc) is 2.73. The summed E-state index contributed by atoms with van der Waals surface area (Å²) in [6.45, 7) is 0.179. The van der Waals surface area contributed by atoms with Crippen LogP contribution in [-0.4, -0.2) is 4.98 Å². The molecule has 0 atom stereocenters. The predicted molar refractivity (Wildman–Crippen MR) is 50.8 cm³/mol. The number of halogens is 2. The Hall–Kier alpha value is -1.95. The molecule has 0 saturated carbocycles. The first-order valence-electron chi connectivity index (χ1n) is 4.47. The van der Waals surface area contributed by atoms with Crippen LogP contribution in [0.1, 0.15) is 5.69 Å². The number of aromatic nitrogens is 1. The van der Waals surface area contributed by atoms with Crippen molar-refractivity contribution in [2.24, 2.45) is 5.73 Å². The molecule has 1 heterocycles. The van der Waals surface area contributed by atoms with Crippen molar-refractivity contribution < 1.29 is 17.9 Å². The Bertz CT molecular complexity index is 499. The first-order valence-corrected chi connectivity index (χ1v) is 4.47. The van der Waals surface area contributed by atoms with Gasteiger partial charge in [-0.2, -0.15) is 9.37 Å². The predicted octanol–water partition coefficient (Wildman–Crippen LogP) is 2.20. The van der Waals surface area contributed by atoms with Crippen LogP contribution in [0.5, 0.6) is 11.8 Å². The maximum atomic E-state index is 13.2. The quantitative estimate of drug-likeness (QED) is 0.871. The Morgan fingerprint density at radius 3 is 2.88 bits per heavy atom. The third-order valence-corrected chi connectivity index (χ3v) is 1.85. The highest BCUT2D eigenvalue weighted by Crippen LogP contribution is 2.24. The summed E-state index contributed by atoms with van der Waals surface area (Å²) in [5, 5.41) is 0. The van der Waals surface area contributed by atoms with E-state index in [9.17, 15) is 8.78 Å². The molecular weight excluding hydrogens is 218 g/mol. The van der Waals surface area contributed by atoms with Crippen molar-refractivity contribution >= 4 is 0 Å². The second-order valence-electron chi connectivity index (χ2n) is 2.96. The third-order valence-electron chi connectivity index (χ3n) is 1.85. The summed E-state index contributed by atoms with van der Waals surface area (Å²) in [6, 6.07) is 3.58. The molecule has 0 saturated heterocycles. The highest BCUT2D eigenvalue weighted by molar-refractivity contribution is 5.27. The molecule has 2 aromatic rings. The Balaban J connectivity index is 2.23. The van der Waals surface area contributed by atoms with Crippen molar-refractivity contribution in [3.63, 3.8) is 0 Å². The molecule has 0 spiro atoms. The number of hydrogen-bond acceptors (Lipinski definition) is 4. The summed E-state index contributed by atoms with van der Waals surface area (Å²) in [4.78, 5) is 3.79. The normalized spacial score (nSPS) is 10.4. The van der Waals surface area contributed by atoms with Crippen molar-refractivity contribution in [2.75, 3.05) is 0 Å². The van der Waals surface area contributed by atoms with Gasteiger partial charge in [-0.25, -0.2) is 4.39 Å². The second kappa shape index (κ2) is 4.28. The third kappa shape index (κ3) is 2.01. The van der Waals surface area contributed by atoms with Gasteiger partial charge in [0.25, 0.3) is 0 Å². The summed E-state index contributed by atoms with van der Waals surface area (Å²) in [5.41, 5.74) is 5.76. The van der Waals surface area contributed by atoms with E-state index in [1.807, 2.05) is 0 Å². The highest BCUT2D eigenvalue weighted by atomic mass is 19.2. The van der Waals surface area contributed by atoms with Crippen molar-refractivity contribution in [1.82, 2.24) is 4.98 Å². The van der Waals surface area contributed by atoms with Gasteiger partial charge in [0.15, 0.2) is 11.6 Å². The molecule has 0 aliphatic heterocycles. The lowest BCUT2D eigenvalue weighted by Crippen LogP contribution is -1.96. The molecule has 0 fully saturated rings. The SMILES string of the molecule is NCc1coc(Oc2cccc(F)c2F)n1. The van der Waals surface area contributed by atoms with Crippen LogP contribution in [-0.2, 0) is 6.54 Å². The van der Waals surface area contributed by atoms with E-state index in [0.717, 1.165) is 6.07 Å². The maximum absolute atomic E-state index is 13.2. The van der Waals surface area contributed by atoms with Gasteiger partial charge in [-0.05, 0) is 12.1 Å². The molecule has 0 unspecified atom stereocenters. The number of nitrogens with two attached hydrogens (primary N) is 1. The molecule has 6 heteroatoms. The number of nitrogens with zero attached hydrogens (tertiary/aromatic N) is 1. The summed E-state index contributed by atoms with van der Waals surface area (Å²) in [6.07, 6.45) is 1.11. The number of rotatable bonds is 3. The van der Waals surface area contributed by atoms with Crippen molar-refractivity contribution in [1.29, 1.82) is 0 Å². The lowest BCUT2D eigenvalue weighted by Gasteiger charge is -2.01. The first kappa shape index (κ1) is 10.6. The summed E-state index contributed by atoms with van der Waals surface area (Å²) < 4.78 is 35.8. The number of hydrogen-bond donors (Lipinski definition) is 1. The van der Waals surface area contributed by atoms with Gasteiger partial charge in [-0.15, -0.1) is 0 Å². The second-order valence-corrected chi connectivity index (χ2v) is 2.96. The van der Waals surface area contributed by atoms with Crippen LogP contribution in [0, 0.1) is 11.6 Å². The van der Waals surface area contributed by atoms with E-state index in [1.54, 1.807) is 0 Å². The van der Waals surface area contributed by atoms with Crippen molar-refractivity contribution in [3.8, 4) is 11.8 Å². The van der Waals surface area contributed by atoms with Crippen LogP contribution < -0.4 is 10.5 Å². The Morgan fingerprint density at radius 1 is 1.38 bits per heavy atom. The molecule has 2 rings (SSSR count). The van der Waals surface area contributed by atoms with Crippen LogP contribution in [0.15, 0.2) is 28.9 Å². The zero-order chi connectivity index (χ0) is 11.5. The molecule has 0 aliphatic carbocycles. The monoisotopic (exact) mass is 226 g/mol. The smallest absolute Gasteiger partial charge is 0.399 e. The maximum Gasteiger partial charge on any atom is 0.399 e. The zero-order valence-electron chi connectivity index (χ0n) is 8.11. The molecule has 1 aromatic carbocycles. The average molecular weight is 226 g/mol. The fourth-order valence-electron chi connectivity index (χ4n) is 1.09. The van der Waals surface area contributed by atoms with Gasteiger partial charge in [-0.1, -0.05) is 6.07 Å². The Labute approximate surface area is 89.7 Å². The Kier molecular flexibility index (Phi) is 2.82. The lowest BCUT2D eigenvalue weighted by atomic mass is 10.3. The van der Waals surface area contributed by atoms with Crippen molar-refractivity contribution in [3.05, 3.63) is 41.8 Å². The molecule has 16 heavy (non-hydrogen) atoms. The molecule has 84 valence electrons. The largest absolute Gasteiger partial charge is 0.417 e. The molecule has 4 nitrogen and oxygen atoms in total. The van der Waals surface area contributed by atoms with E-state index < -0.39 is 11.6 Å². The summed E-state index contributed by atoms with van der Waals surface area (Å²) >= 11 is 0. The molecule has 1 aromatic heterocycles. The van der Waals surface area contributed by atoms with Crippen LogP contribution in [0.25, 0.3) is 0 Å². The van der Waals surface area contributed by atoms with Gasteiger partial charge >= 0.3 is 6.08 Å². The first-order chi connectivity index (χ1) is 7.70. The van der Waals surface area contributed by atoms with Crippen LogP contribution in [0.2, 0.25) is 0 Å². The van der Waals surface area contributed by atoms with Gasteiger partial charge < -0.3 is 14.9 Å². The molecular formula is C10H8F2N2O2. The topological polar surface area (TPSA) is 61.3 Å². The number of ether oxygens (including phenoxy) is 1. The molecule has 2 N–H and O–H groups in total. The van der Waals surface area contributed by atoms with E-state index in [1.165, 1.54) is 18.4 Å². The van der Waals surface area contributed by atoms with Gasteiger partial charge in [0, 0.05) is 6.54 Å². The van der Waals surface area contributed by atoms with E-state index in [-0.39, 0.29) is 18.4 Å². The van der Waals surface area contributed by atoms with E-state index >= 15 is 0 Å². The van der Waals surface area contributed by atoms with Gasteiger partial charge in [0.2, 0.25) is 5.82 Å². The minimum Gasteiger partial charge on any atom is -0.417 e. The zero-order valence-corrected chi connectivity index (χ0v) is 8.11. The van der Waals surface area contributed by atoms with Gasteiger partial charge in [0.1, 0.15) is 6.26 Å². The number of oxazole rings is 1. The fraction of sp³-hybridized carbons (Fsp3) is 0.100. The lowest BCUT2D eigenvalue weighted by molar-refractivity contribution is 0.313. The van der Waals surface area contributed by atoms with E-state index in [0.29, 0.717) is 5.69 Å². The minimum absolute atomic E-state index is 0.176.